The van der Waals surface area contributed by atoms with E-state index in [4.69, 9.17) is 0 Å². The zero-order valence-electron chi connectivity index (χ0n) is 13.7. The van der Waals surface area contributed by atoms with Crippen LogP contribution in [0.5, 0.6) is 0 Å². The molecule has 2 heteroatoms. The fraction of sp³-hybridized carbons (Fsp3) is 0.647. The zero-order valence-corrected chi connectivity index (χ0v) is 13.7. The van der Waals surface area contributed by atoms with Crippen LogP contribution in [0.3, 0.4) is 0 Å². The third kappa shape index (κ3) is 3.80. The lowest BCUT2D eigenvalue weighted by atomic mass is 9.87. The maximum absolute atomic E-state index is 3.25. The second kappa shape index (κ2) is 7.06. The van der Waals surface area contributed by atoms with E-state index in [2.05, 4.69) is 58.1 Å². The van der Waals surface area contributed by atoms with Crippen LogP contribution >= 0.6 is 0 Å². The molecular weight excluding hydrogens is 232 g/mol. The lowest BCUT2D eigenvalue weighted by Crippen LogP contribution is -2.23. The Morgan fingerprint density at radius 2 is 1.58 bits per heavy atom. The molecule has 1 rings (SSSR count). The molecule has 0 aliphatic rings. The molecule has 1 aromatic rings. The van der Waals surface area contributed by atoms with Crippen LogP contribution in [0.2, 0.25) is 0 Å². The molecule has 0 heterocycles. The highest BCUT2D eigenvalue weighted by atomic mass is 15.1. The molecule has 1 N–H and O–H groups in total. The number of aryl methyl sites for hydroxylation is 2. The molecule has 108 valence electrons. The van der Waals surface area contributed by atoms with E-state index in [1.807, 2.05) is 7.05 Å². The largest absolute Gasteiger partial charge is 0.320 e. The van der Waals surface area contributed by atoms with Gasteiger partial charge in [-0.15, -0.1) is 0 Å². The van der Waals surface area contributed by atoms with Gasteiger partial charge in [0, 0.05) is 6.04 Å². The number of hydrogen-bond donors (Lipinski definition) is 1. The van der Waals surface area contributed by atoms with Crippen LogP contribution in [0.4, 0.5) is 0 Å². The van der Waals surface area contributed by atoms with E-state index in [0.29, 0.717) is 6.04 Å². The minimum absolute atomic E-state index is 0.520. The summed E-state index contributed by atoms with van der Waals surface area (Å²) in [6.45, 7) is 10.1. The Hall–Kier alpha value is -0.860. The van der Waals surface area contributed by atoms with Gasteiger partial charge in [0.1, 0.15) is 0 Å². The van der Waals surface area contributed by atoms with Gasteiger partial charge < -0.3 is 10.2 Å². The van der Waals surface area contributed by atoms with Crippen molar-refractivity contribution in [2.45, 2.75) is 46.6 Å². The van der Waals surface area contributed by atoms with Gasteiger partial charge in [-0.1, -0.05) is 6.07 Å². The molecule has 0 aromatic heterocycles. The highest BCUT2D eigenvalue weighted by Crippen LogP contribution is 2.32. The van der Waals surface area contributed by atoms with Crippen LogP contribution in [0, 0.1) is 27.7 Å². The van der Waals surface area contributed by atoms with E-state index in [9.17, 15) is 0 Å². The molecule has 0 saturated heterocycles. The average molecular weight is 262 g/mol. The van der Waals surface area contributed by atoms with Crippen molar-refractivity contribution >= 4 is 0 Å². The monoisotopic (exact) mass is 262 g/mol. The maximum Gasteiger partial charge on any atom is 0.0347 e. The summed E-state index contributed by atoms with van der Waals surface area (Å²) in [5, 5.41) is 3.25. The van der Waals surface area contributed by atoms with Gasteiger partial charge in [0.25, 0.3) is 0 Å². The van der Waals surface area contributed by atoms with Gasteiger partial charge >= 0.3 is 0 Å². The lowest BCUT2D eigenvalue weighted by molar-refractivity contribution is 0.277. The van der Waals surface area contributed by atoms with Crippen LogP contribution in [0.25, 0.3) is 0 Å². The van der Waals surface area contributed by atoms with Crippen LogP contribution < -0.4 is 5.32 Å². The molecule has 0 bridgehead atoms. The first kappa shape index (κ1) is 16.2. The molecule has 0 spiro atoms. The Kier molecular flexibility index (Phi) is 6.02. The summed E-state index contributed by atoms with van der Waals surface area (Å²) in [6, 6.07) is 2.83. The summed E-state index contributed by atoms with van der Waals surface area (Å²) in [6.07, 6.45) is 2.42. The van der Waals surface area contributed by atoms with Crippen LogP contribution in [-0.4, -0.2) is 32.6 Å². The number of nitrogens with zero attached hydrogens (tertiary/aromatic N) is 1. The summed E-state index contributed by atoms with van der Waals surface area (Å²) in [5.41, 5.74) is 7.30. The average Bonchev–Trinajstić information content (AvgIpc) is 2.34. The van der Waals surface area contributed by atoms with E-state index in [-0.39, 0.29) is 0 Å². The van der Waals surface area contributed by atoms with Crippen LogP contribution in [0.15, 0.2) is 6.07 Å². The van der Waals surface area contributed by atoms with E-state index in [0.717, 1.165) is 6.54 Å². The van der Waals surface area contributed by atoms with Crippen molar-refractivity contribution in [2.75, 3.05) is 27.7 Å². The van der Waals surface area contributed by atoms with Crippen LogP contribution in [0.1, 0.15) is 46.7 Å². The van der Waals surface area contributed by atoms with Gasteiger partial charge in [-0.3, -0.25) is 0 Å². The van der Waals surface area contributed by atoms with Crippen LogP contribution in [-0.2, 0) is 0 Å². The minimum Gasteiger partial charge on any atom is -0.320 e. The first-order valence-corrected chi connectivity index (χ1v) is 7.28. The third-order valence-electron chi connectivity index (χ3n) is 4.28. The zero-order chi connectivity index (χ0) is 14.6. The molecule has 0 amide bonds. The van der Waals surface area contributed by atoms with E-state index in [1.165, 1.54) is 35.1 Å². The van der Waals surface area contributed by atoms with Gasteiger partial charge in [-0.2, -0.15) is 0 Å². The highest BCUT2D eigenvalue weighted by molar-refractivity contribution is 5.45. The second-order valence-electron chi connectivity index (χ2n) is 5.90. The summed E-state index contributed by atoms with van der Waals surface area (Å²) < 4.78 is 0. The highest BCUT2D eigenvalue weighted by Gasteiger charge is 2.20. The molecule has 19 heavy (non-hydrogen) atoms. The maximum atomic E-state index is 3.25. The predicted octanol–water partition coefficient (Wildman–Crippen LogP) is 3.52. The molecule has 0 radical (unpaired) electrons. The molecule has 1 unspecified atom stereocenters. The fourth-order valence-corrected chi connectivity index (χ4v) is 2.88. The standard InChI is InChI=1S/C17H30N2/c1-12-11-13(2)15(4)17(14(12)3)16(19(6)7)9-8-10-18-5/h11,16,18H,8-10H2,1-7H3. The topological polar surface area (TPSA) is 15.3 Å². The summed E-state index contributed by atoms with van der Waals surface area (Å²) in [5.74, 6) is 0. The molecular formula is C17H30N2. The van der Waals surface area contributed by atoms with Gasteiger partial charge in [-0.05, 0) is 96.0 Å². The van der Waals surface area contributed by atoms with Crippen molar-refractivity contribution < 1.29 is 0 Å². The van der Waals surface area contributed by atoms with E-state index < -0.39 is 0 Å². The van der Waals surface area contributed by atoms with Crippen molar-refractivity contribution in [3.63, 3.8) is 0 Å². The van der Waals surface area contributed by atoms with Gasteiger partial charge in [0.05, 0.1) is 0 Å². The Labute approximate surface area is 119 Å². The second-order valence-corrected chi connectivity index (χ2v) is 5.90. The van der Waals surface area contributed by atoms with E-state index in [1.54, 1.807) is 5.56 Å². The lowest BCUT2D eigenvalue weighted by Gasteiger charge is -2.29. The Morgan fingerprint density at radius 3 is 2.00 bits per heavy atom. The SMILES string of the molecule is CNCCCC(c1c(C)c(C)cc(C)c1C)N(C)C. The molecule has 1 atom stereocenters. The third-order valence-corrected chi connectivity index (χ3v) is 4.28. The number of rotatable bonds is 6. The molecule has 0 aliphatic heterocycles. The van der Waals surface area contributed by atoms with E-state index >= 15 is 0 Å². The first-order chi connectivity index (χ1) is 8.90. The molecule has 0 fully saturated rings. The quantitative estimate of drug-likeness (QED) is 0.789. The van der Waals surface area contributed by atoms with Crippen molar-refractivity contribution in [1.29, 1.82) is 0 Å². The van der Waals surface area contributed by atoms with Gasteiger partial charge in [0.15, 0.2) is 0 Å². The molecule has 2 nitrogen and oxygen atoms in total. The summed E-state index contributed by atoms with van der Waals surface area (Å²) in [4.78, 5) is 2.36. The predicted molar refractivity (Wildman–Crippen MR) is 85.0 cm³/mol. The summed E-state index contributed by atoms with van der Waals surface area (Å²) in [7, 11) is 6.42. The van der Waals surface area contributed by atoms with Gasteiger partial charge in [-0.25, -0.2) is 0 Å². The number of benzene rings is 1. The fourth-order valence-electron chi connectivity index (χ4n) is 2.88. The molecule has 1 aromatic carbocycles. The van der Waals surface area contributed by atoms with Crippen molar-refractivity contribution in [2.24, 2.45) is 0 Å². The van der Waals surface area contributed by atoms with Crippen molar-refractivity contribution in [3.05, 3.63) is 33.9 Å². The van der Waals surface area contributed by atoms with Crippen molar-refractivity contribution in [3.8, 4) is 0 Å². The Balaban J connectivity index is 3.15. The Morgan fingerprint density at radius 1 is 1.05 bits per heavy atom. The smallest absolute Gasteiger partial charge is 0.0347 e. The molecule has 0 saturated carbocycles. The number of nitrogens with one attached hydrogen (secondary N) is 1. The summed E-state index contributed by atoms with van der Waals surface area (Å²) >= 11 is 0. The first-order valence-electron chi connectivity index (χ1n) is 7.28. The normalized spacial score (nSPS) is 13.1. The van der Waals surface area contributed by atoms with Crippen molar-refractivity contribution in [1.82, 2.24) is 10.2 Å². The molecule has 0 aliphatic carbocycles. The number of hydrogen-bond acceptors (Lipinski definition) is 2. The minimum atomic E-state index is 0.520. The Bertz CT molecular complexity index is 396. The van der Waals surface area contributed by atoms with Gasteiger partial charge in [0.2, 0.25) is 0 Å².